The first-order chi connectivity index (χ1) is 14.7. The van der Waals surface area contributed by atoms with Crippen LogP contribution < -0.4 is 14.2 Å². The molecule has 3 rings (SSSR count). The second kappa shape index (κ2) is 11.1. The molecular weight excluding hydrogens is 404 g/mol. The highest BCUT2D eigenvalue weighted by Gasteiger charge is 2.23. The van der Waals surface area contributed by atoms with Gasteiger partial charge in [-0.05, 0) is 23.3 Å². The van der Waals surface area contributed by atoms with Crippen LogP contribution in [0.1, 0.15) is 21.5 Å². The number of hydrogen-bond acceptors (Lipinski definition) is 5. The molecule has 0 spiro atoms. The standard InChI is InChI=1S/C24H23ClO5/c1-27-24(26)20-12-13-21(29-16-18-8-4-2-5-9-18)23(22(20)28-15-14-25)30-17-19-10-6-3-7-11-19/h2-13H,14-17H2,1H3. The number of halogens is 1. The van der Waals surface area contributed by atoms with E-state index in [1.54, 1.807) is 12.1 Å². The first-order valence-corrected chi connectivity index (χ1v) is 10.0. The SMILES string of the molecule is COC(=O)c1ccc(OCc2ccccc2)c(OCc2ccccc2)c1OCCCl. The lowest BCUT2D eigenvalue weighted by molar-refractivity contribution is 0.0595. The average Bonchev–Trinajstić information content (AvgIpc) is 2.81. The van der Waals surface area contributed by atoms with Gasteiger partial charge in [0.25, 0.3) is 0 Å². The summed E-state index contributed by atoms with van der Waals surface area (Å²) in [6, 6.07) is 22.8. The van der Waals surface area contributed by atoms with E-state index < -0.39 is 5.97 Å². The summed E-state index contributed by atoms with van der Waals surface area (Å²) in [5, 5.41) is 0. The van der Waals surface area contributed by atoms with Gasteiger partial charge in [-0.25, -0.2) is 4.79 Å². The molecule has 0 unspecified atom stereocenters. The van der Waals surface area contributed by atoms with Gasteiger partial charge >= 0.3 is 5.97 Å². The number of hydrogen-bond donors (Lipinski definition) is 0. The van der Waals surface area contributed by atoms with Gasteiger partial charge in [-0.2, -0.15) is 0 Å². The summed E-state index contributed by atoms with van der Waals surface area (Å²) >= 11 is 5.81. The molecule has 0 amide bonds. The summed E-state index contributed by atoms with van der Waals surface area (Å²) in [7, 11) is 1.32. The lowest BCUT2D eigenvalue weighted by Gasteiger charge is -2.19. The van der Waals surface area contributed by atoms with E-state index in [9.17, 15) is 4.79 Å². The predicted octanol–water partition coefficient (Wildman–Crippen LogP) is 5.25. The van der Waals surface area contributed by atoms with Crippen LogP contribution >= 0.6 is 11.6 Å². The molecule has 0 aliphatic carbocycles. The zero-order valence-electron chi connectivity index (χ0n) is 16.7. The minimum atomic E-state index is -0.529. The molecule has 0 bridgehead atoms. The molecule has 0 fully saturated rings. The van der Waals surface area contributed by atoms with Crippen molar-refractivity contribution in [3.8, 4) is 17.2 Å². The van der Waals surface area contributed by atoms with Crippen molar-refractivity contribution in [3.63, 3.8) is 0 Å². The molecule has 0 heterocycles. The Morgan fingerprint density at radius 2 is 1.37 bits per heavy atom. The molecule has 3 aromatic carbocycles. The summed E-state index contributed by atoms with van der Waals surface area (Å²) in [5.41, 5.74) is 2.22. The van der Waals surface area contributed by atoms with Gasteiger partial charge in [-0.1, -0.05) is 60.7 Å². The van der Waals surface area contributed by atoms with Gasteiger partial charge in [-0.15, -0.1) is 11.6 Å². The maximum absolute atomic E-state index is 12.3. The minimum absolute atomic E-state index is 0.204. The summed E-state index contributed by atoms with van der Waals surface area (Å²) in [5.74, 6) is 0.783. The minimum Gasteiger partial charge on any atom is -0.487 e. The Labute approximate surface area is 181 Å². The first-order valence-electron chi connectivity index (χ1n) is 9.50. The molecule has 0 saturated heterocycles. The Bertz CT molecular complexity index is 945. The second-order valence-electron chi connectivity index (χ2n) is 6.35. The number of esters is 1. The molecule has 3 aromatic rings. The summed E-state index contributed by atoms with van der Waals surface area (Å²) in [6.07, 6.45) is 0. The van der Waals surface area contributed by atoms with E-state index in [4.69, 9.17) is 30.5 Å². The third kappa shape index (κ3) is 5.67. The van der Waals surface area contributed by atoms with E-state index in [-0.39, 0.29) is 30.4 Å². The van der Waals surface area contributed by atoms with Crippen LogP contribution in [0.15, 0.2) is 72.8 Å². The Hall–Kier alpha value is -3.18. The highest BCUT2D eigenvalue weighted by Crippen LogP contribution is 2.41. The molecule has 0 radical (unpaired) electrons. The lowest BCUT2D eigenvalue weighted by Crippen LogP contribution is -2.11. The number of rotatable bonds is 10. The highest BCUT2D eigenvalue weighted by atomic mass is 35.5. The van der Waals surface area contributed by atoms with Crippen molar-refractivity contribution < 1.29 is 23.7 Å². The molecule has 0 aliphatic heterocycles. The number of carbonyl (C=O) groups excluding carboxylic acids is 1. The van der Waals surface area contributed by atoms with Gasteiger partial charge in [0.2, 0.25) is 5.75 Å². The van der Waals surface area contributed by atoms with Crippen molar-refractivity contribution in [2.75, 3.05) is 19.6 Å². The fraction of sp³-hybridized carbons (Fsp3) is 0.208. The van der Waals surface area contributed by atoms with Gasteiger partial charge in [0.15, 0.2) is 11.5 Å². The molecule has 156 valence electrons. The zero-order chi connectivity index (χ0) is 21.2. The molecule has 6 heteroatoms. The summed E-state index contributed by atoms with van der Waals surface area (Å²) in [6.45, 7) is 0.828. The van der Waals surface area contributed by atoms with Crippen molar-refractivity contribution in [1.82, 2.24) is 0 Å². The molecule has 30 heavy (non-hydrogen) atoms. The second-order valence-corrected chi connectivity index (χ2v) is 6.73. The van der Waals surface area contributed by atoms with Crippen LogP contribution in [0.25, 0.3) is 0 Å². The van der Waals surface area contributed by atoms with Crippen molar-refractivity contribution in [2.45, 2.75) is 13.2 Å². The quantitative estimate of drug-likeness (QED) is 0.327. The number of alkyl halides is 1. The van der Waals surface area contributed by atoms with Crippen molar-refractivity contribution in [3.05, 3.63) is 89.5 Å². The van der Waals surface area contributed by atoms with Crippen molar-refractivity contribution in [1.29, 1.82) is 0 Å². The van der Waals surface area contributed by atoms with Crippen LogP contribution in [-0.4, -0.2) is 25.6 Å². The molecular formula is C24H23ClO5. The van der Waals surface area contributed by atoms with E-state index in [0.29, 0.717) is 18.1 Å². The van der Waals surface area contributed by atoms with E-state index in [1.165, 1.54) is 7.11 Å². The van der Waals surface area contributed by atoms with Gasteiger partial charge in [0.1, 0.15) is 25.4 Å². The van der Waals surface area contributed by atoms with Crippen LogP contribution in [-0.2, 0) is 18.0 Å². The highest BCUT2D eigenvalue weighted by molar-refractivity contribution is 6.18. The van der Waals surface area contributed by atoms with Gasteiger partial charge < -0.3 is 18.9 Å². The van der Waals surface area contributed by atoms with Gasteiger partial charge in [0.05, 0.1) is 13.0 Å². The first kappa shape index (κ1) is 21.5. The molecule has 0 aromatic heterocycles. The fourth-order valence-electron chi connectivity index (χ4n) is 2.81. The normalized spacial score (nSPS) is 10.3. The average molecular weight is 427 g/mol. The number of ether oxygens (including phenoxy) is 4. The molecule has 0 saturated carbocycles. The monoisotopic (exact) mass is 426 g/mol. The molecule has 0 N–H and O–H groups in total. The smallest absolute Gasteiger partial charge is 0.341 e. The van der Waals surface area contributed by atoms with Crippen molar-refractivity contribution in [2.24, 2.45) is 0 Å². The van der Waals surface area contributed by atoms with Crippen LogP contribution in [0.3, 0.4) is 0 Å². The van der Waals surface area contributed by atoms with Gasteiger partial charge in [0, 0.05) is 0 Å². The topological polar surface area (TPSA) is 54.0 Å². The number of carbonyl (C=O) groups is 1. The Balaban J connectivity index is 1.94. The maximum Gasteiger partial charge on any atom is 0.341 e. The number of methoxy groups -OCH3 is 1. The number of benzene rings is 3. The largest absolute Gasteiger partial charge is 0.487 e. The predicted molar refractivity (Wildman–Crippen MR) is 116 cm³/mol. The Morgan fingerprint density at radius 3 is 1.93 bits per heavy atom. The summed E-state index contributed by atoms with van der Waals surface area (Å²) < 4.78 is 22.8. The lowest BCUT2D eigenvalue weighted by atomic mass is 10.1. The molecule has 0 atom stereocenters. The van der Waals surface area contributed by atoms with Crippen LogP contribution in [0.2, 0.25) is 0 Å². The Kier molecular flexibility index (Phi) is 7.98. The van der Waals surface area contributed by atoms with Gasteiger partial charge in [-0.3, -0.25) is 0 Å². The summed E-state index contributed by atoms with van der Waals surface area (Å²) in [4.78, 5) is 12.3. The van der Waals surface area contributed by atoms with Crippen LogP contribution in [0, 0.1) is 0 Å². The fourth-order valence-corrected chi connectivity index (χ4v) is 2.89. The van der Waals surface area contributed by atoms with E-state index in [0.717, 1.165) is 11.1 Å². The molecule has 5 nitrogen and oxygen atoms in total. The van der Waals surface area contributed by atoms with E-state index in [2.05, 4.69) is 0 Å². The Morgan fingerprint density at radius 1 is 0.767 bits per heavy atom. The van der Waals surface area contributed by atoms with E-state index in [1.807, 2.05) is 60.7 Å². The third-order valence-electron chi connectivity index (χ3n) is 4.27. The van der Waals surface area contributed by atoms with Crippen molar-refractivity contribution >= 4 is 17.6 Å². The molecule has 0 aliphatic rings. The maximum atomic E-state index is 12.3. The van der Waals surface area contributed by atoms with Crippen LogP contribution in [0.5, 0.6) is 17.2 Å². The third-order valence-corrected chi connectivity index (χ3v) is 4.42. The van der Waals surface area contributed by atoms with E-state index >= 15 is 0 Å². The van der Waals surface area contributed by atoms with Crippen LogP contribution in [0.4, 0.5) is 0 Å². The zero-order valence-corrected chi connectivity index (χ0v) is 17.4.